The maximum Gasteiger partial charge on any atom is 0.374 e. The summed E-state index contributed by atoms with van der Waals surface area (Å²) in [5.41, 5.74) is 1.79. The number of fused-ring (bicyclic) bond motifs is 1. The summed E-state index contributed by atoms with van der Waals surface area (Å²) in [4.78, 5) is 29.5. The molecule has 0 radical (unpaired) electrons. The molecule has 0 atom stereocenters. The fraction of sp³-hybridized carbons (Fsp3) is 0.355. The molecule has 0 bridgehead atoms. The molecule has 1 aliphatic heterocycles. The first-order chi connectivity index (χ1) is 20.6. The van der Waals surface area contributed by atoms with Crippen molar-refractivity contribution in [3.8, 4) is 0 Å². The number of nitrogens with zero attached hydrogens (tertiary/aromatic N) is 3. The second-order valence-electron chi connectivity index (χ2n) is 10.4. The van der Waals surface area contributed by atoms with Gasteiger partial charge in [0.1, 0.15) is 11.3 Å². The number of hydrogen-bond donors (Lipinski definition) is 0. The van der Waals surface area contributed by atoms with Crippen LogP contribution in [0.15, 0.2) is 68.5 Å². The van der Waals surface area contributed by atoms with Crippen LogP contribution in [0.25, 0.3) is 11.0 Å². The summed E-state index contributed by atoms with van der Waals surface area (Å²) in [7, 11) is -2.62. The Labute approximate surface area is 255 Å². The molecule has 4 aromatic rings. The zero-order valence-corrected chi connectivity index (χ0v) is 25.9. The summed E-state index contributed by atoms with van der Waals surface area (Å²) in [6.45, 7) is 5.21. The Balaban J connectivity index is 1.48. The Kier molecular flexibility index (Phi) is 9.03. The number of carbonyl (C=O) groups is 2. The third-order valence-corrected chi connectivity index (χ3v) is 9.60. The lowest BCUT2D eigenvalue weighted by molar-refractivity contribution is 0.0491. The fourth-order valence-corrected chi connectivity index (χ4v) is 6.75. The van der Waals surface area contributed by atoms with E-state index in [-0.39, 0.29) is 36.4 Å². The monoisotopic (exact) mass is 627 g/mol. The van der Waals surface area contributed by atoms with Gasteiger partial charge < -0.3 is 23.4 Å². The van der Waals surface area contributed by atoms with E-state index in [2.05, 4.69) is 0 Å². The molecular formula is C31H34ClN3O7S. The van der Waals surface area contributed by atoms with E-state index in [4.69, 9.17) is 25.2 Å². The number of aryl methyl sites for hydroxylation is 1. The van der Waals surface area contributed by atoms with E-state index in [0.29, 0.717) is 51.7 Å². The Bertz CT molecular complexity index is 1730. The van der Waals surface area contributed by atoms with E-state index in [9.17, 15) is 18.0 Å². The second-order valence-corrected chi connectivity index (χ2v) is 12.9. The van der Waals surface area contributed by atoms with E-state index < -0.39 is 16.0 Å². The smallest absolute Gasteiger partial charge is 0.374 e. The molecule has 3 heterocycles. The van der Waals surface area contributed by atoms with Gasteiger partial charge in [-0.25, -0.2) is 18.0 Å². The van der Waals surface area contributed by atoms with Gasteiger partial charge in [-0.2, -0.15) is 0 Å². The van der Waals surface area contributed by atoms with Crippen molar-refractivity contribution in [1.29, 1.82) is 0 Å². The molecule has 2 aromatic heterocycles. The number of urea groups is 1. The van der Waals surface area contributed by atoms with E-state index in [1.54, 1.807) is 55.3 Å². The van der Waals surface area contributed by atoms with Crippen LogP contribution in [0.4, 0.5) is 10.5 Å². The highest BCUT2D eigenvalue weighted by molar-refractivity contribution is 7.92. The molecule has 2 aromatic carbocycles. The van der Waals surface area contributed by atoms with Crippen LogP contribution in [-0.4, -0.2) is 57.0 Å². The van der Waals surface area contributed by atoms with Crippen molar-refractivity contribution in [2.45, 2.75) is 51.1 Å². The van der Waals surface area contributed by atoms with Gasteiger partial charge in [0, 0.05) is 36.1 Å². The van der Waals surface area contributed by atoms with Gasteiger partial charge >= 0.3 is 12.0 Å². The van der Waals surface area contributed by atoms with Crippen LogP contribution < -0.4 is 4.31 Å². The number of esters is 1. The van der Waals surface area contributed by atoms with Crippen LogP contribution in [-0.2, 0) is 27.8 Å². The molecule has 12 heteroatoms. The number of piperidine rings is 1. The van der Waals surface area contributed by atoms with Crippen molar-refractivity contribution in [2.75, 3.05) is 31.0 Å². The minimum absolute atomic E-state index is 0.0135. The number of carbonyl (C=O) groups excluding carboxylic acids is 2. The van der Waals surface area contributed by atoms with Crippen LogP contribution in [0.3, 0.4) is 0 Å². The number of rotatable bonds is 9. The Morgan fingerprint density at radius 2 is 1.81 bits per heavy atom. The third kappa shape index (κ3) is 6.37. The van der Waals surface area contributed by atoms with Crippen LogP contribution >= 0.6 is 11.6 Å². The summed E-state index contributed by atoms with van der Waals surface area (Å²) < 4.78 is 45.4. The number of halogens is 1. The Hall–Kier alpha value is -3.96. The second kappa shape index (κ2) is 12.7. The summed E-state index contributed by atoms with van der Waals surface area (Å²) in [5, 5.41) is 0.903. The predicted octanol–water partition coefficient (Wildman–Crippen LogP) is 6.60. The molecule has 228 valence electrons. The maximum absolute atomic E-state index is 14.0. The van der Waals surface area contributed by atoms with Gasteiger partial charge in [-0.05, 0) is 87.2 Å². The minimum atomic E-state index is -4.08. The van der Waals surface area contributed by atoms with Gasteiger partial charge in [0.2, 0.25) is 5.76 Å². The first-order valence-corrected chi connectivity index (χ1v) is 16.0. The van der Waals surface area contributed by atoms with Gasteiger partial charge in [0.25, 0.3) is 10.0 Å². The highest BCUT2D eigenvalue weighted by Gasteiger charge is 2.29. The number of amides is 2. The lowest BCUT2D eigenvalue weighted by Crippen LogP contribution is -2.45. The van der Waals surface area contributed by atoms with Gasteiger partial charge in [-0.15, -0.1) is 0 Å². The van der Waals surface area contributed by atoms with E-state index in [0.717, 1.165) is 19.3 Å². The number of ether oxygens (including phenoxy) is 1. The summed E-state index contributed by atoms with van der Waals surface area (Å²) in [6, 6.07) is 12.8. The van der Waals surface area contributed by atoms with Crippen LogP contribution in [0, 0.1) is 6.92 Å². The average Bonchev–Trinajstić information content (AvgIpc) is 3.64. The largest absolute Gasteiger partial charge is 0.467 e. The van der Waals surface area contributed by atoms with Gasteiger partial charge in [0.15, 0.2) is 0 Å². The number of likely N-dealkylation sites (tertiary alicyclic amines) is 1. The highest BCUT2D eigenvalue weighted by atomic mass is 35.5. The zero-order valence-electron chi connectivity index (χ0n) is 24.3. The lowest BCUT2D eigenvalue weighted by atomic mass is 10.1. The van der Waals surface area contributed by atoms with Crippen LogP contribution in [0.2, 0.25) is 5.02 Å². The average molecular weight is 628 g/mol. The SMILES string of the molecule is CCOC(=O)c1oc2ccc(S(=O)(=O)N(C)c3ccc(Cl)cc3CN(Cc3ccco3)C(=O)N3CCCCC3)cc2c1C. The van der Waals surface area contributed by atoms with Gasteiger partial charge in [0.05, 0.1) is 36.5 Å². The van der Waals surface area contributed by atoms with E-state index >= 15 is 0 Å². The van der Waals surface area contributed by atoms with Crippen molar-refractivity contribution in [1.82, 2.24) is 9.80 Å². The highest BCUT2D eigenvalue weighted by Crippen LogP contribution is 2.33. The van der Waals surface area contributed by atoms with Crippen LogP contribution in [0.5, 0.6) is 0 Å². The molecule has 0 saturated carbocycles. The standard InChI is InChI=1S/C31H34ClN3O7S/c1-4-40-30(36)29-21(2)26-18-25(11-13-28(26)42-29)43(38,39)33(3)27-12-10-23(32)17-22(27)19-35(20-24-9-8-16-41-24)31(37)34-14-6-5-7-15-34/h8-13,16-18H,4-7,14-15,19-20H2,1-3H3. The Morgan fingerprint density at radius 1 is 1.05 bits per heavy atom. The van der Waals surface area contributed by atoms with E-state index in [1.807, 2.05) is 4.90 Å². The first-order valence-electron chi connectivity index (χ1n) is 14.1. The quantitative estimate of drug-likeness (QED) is 0.192. The molecule has 5 rings (SSSR count). The van der Waals surface area contributed by atoms with E-state index in [1.165, 1.54) is 29.6 Å². The molecule has 10 nitrogen and oxygen atoms in total. The molecule has 0 spiro atoms. The number of sulfonamides is 1. The number of anilines is 1. The summed E-state index contributed by atoms with van der Waals surface area (Å²) in [6.07, 6.45) is 4.51. The molecule has 1 aliphatic rings. The van der Waals surface area contributed by atoms with Crippen LogP contribution in [0.1, 0.15) is 53.6 Å². The third-order valence-electron chi connectivity index (χ3n) is 7.59. The molecule has 0 aliphatic carbocycles. The number of hydrogen-bond acceptors (Lipinski definition) is 7. The molecule has 1 fully saturated rings. The zero-order chi connectivity index (χ0) is 30.7. The molecule has 1 saturated heterocycles. The summed E-state index contributed by atoms with van der Waals surface area (Å²) in [5.74, 6) is 0.0392. The molecular weight excluding hydrogens is 594 g/mol. The van der Waals surface area contributed by atoms with Crippen molar-refractivity contribution in [3.63, 3.8) is 0 Å². The normalized spacial score (nSPS) is 13.7. The Morgan fingerprint density at radius 3 is 2.51 bits per heavy atom. The molecule has 0 N–H and O–H groups in total. The minimum Gasteiger partial charge on any atom is -0.467 e. The van der Waals surface area contributed by atoms with Crippen molar-refractivity contribution in [3.05, 3.63) is 82.5 Å². The fourth-order valence-electron chi connectivity index (χ4n) is 5.30. The van der Waals surface area contributed by atoms with Gasteiger partial charge in [-0.3, -0.25) is 4.31 Å². The van der Waals surface area contributed by atoms with Crippen molar-refractivity contribution in [2.24, 2.45) is 0 Å². The van der Waals surface area contributed by atoms with Crippen molar-refractivity contribution >= 4 is 50.3 Å². The maximum atomic E-state index is 14.0. The molecule has 43 heavy (non-hydrogen) atoms. The summed E-state index contributed by atoms with van der Waals surface area (Å²) >= 11 is 6.39. The number of furan rings is 2. The molecule has 2 amide bonds. The van der Waals surface area contributed by atoms with Crippen molar-refractivity contribution < 1.29 is 31.6 Å². The number of benzene rings is 2. The predicted molar refractivity (Wildman–Crippen MR) is 163 cm³/mol. The topological polar surface area (TPSA) is 114 Å². The molecule has 0 unspecified atom stereocenters. The lowest BCUT2D eigenvalue weighted by Gasteiger charge is -2.33. The first kappa shape index (κ1) is 30.5. The van der Waals surface area contributed by atoms with Gasteiger partial charge in [-0.1, -0.05) is 11.6 Å².